The van der Waals surface area contributed by atoms with Crippen LogP contribution in [0.3, 0.4) is 0 Å². The fourth-order valence-corrected chi connectivity index (χ4v) is 3.07. The van der Waals surface area contributed by atoms with Crippen LogP contribution in [0.4, 0.5) is 0 Å². The largest absolute Gasteiger partial charge is 0.330 e. The van der Waals surface area contributed by atoms with Crippen LogP contribution in [-0.2, 0) is 0 Å². The first-order valence-corrected chi connectivity index (χ1v) is 6.86. The molecular weight excluding hydrogens is 208 g/mol. The van der Waals surface area contributed by atoms with Crippen molar-refractivity contribution < 1.29 is 0 Å². The second-order valence-electron chi connectivity index (χ2n) is 5.03. The van der Waals surface area contributed by atoms with E-state index in [1.807, 2.05) is 0 Å². The van der Waals surface area contributed by atoms with Crippen LogP contribution < -0.4 is 5.73 Å². The van der Waals surface area contributed by atoms with Gasteiger partial charge in [-0.1, -0.05) is 37.3 Å². The fourth-order valence-electron chi connectivity index (χ4n) is 3.07. The van der Waals surface area contributed by atoms with Crippen LogP contribution in [0.15, 0.2) is 30.3 Å². The summed E-state index contributed by atoms with van der Waals surface area (Å²) in [5, 5.41) is 0. The van der Waals surface area contributed by atoms with E-state index in [2.05, 4.69) is 42.2 Å². The molecule has 0 aromatic heterocycles. The number of benzene rings is 1. The number of piperidine rings is 1. The SMILES string of the molecule is CCCN1CCCC(CN)C1c1ccccc1. The van der Waals surface area contributed by atoms with Crippen LogP contribution in [0.1, 0.15) is 37.8 Å². The van der Waals surface area contributed by atoms with E-state index in [1.165, 1.54) is 37.9 Å². The predicted octanol–water partition coefficient (Wildman–Crippen LogP) is 2.81. The highest BCUT2D eigenvalue weighted by molar-refractivity contribution is 5.20. The highest BCUT2D eigenvalue weighted by atomic mass is 15.2. The minimum absolute atomic E-state index is 0.537. The molecule has 0 aliphatic carbocycles. The van der Waals surface area contributed by atoms with Crippen molar-refractivity contribution in [2.24, 2.45) is 11.7 Å². The van der Waals surface area contributed by atoms with Crippen molar-refractivity contribution >= 4 is 0 Å². The topological polar surface area (TPSA) is 29.3 Å². The van der Waals surface area contributed by atoms with Crippen LogP contribution in [0.5, 0.6) is 0 Å². The first-order valence-electron chi connectivity index (χ1n) is 6.86. The van der Waals surface area contributed by atoms with Gasteiger partial charge in [-0.05, 0) is 50.4 Å². The molecule has 1 saturated heterocycles. The number of nitrogens with two attached hydrogens (primary N) is 1. The fraction of sp³-hybridized carbons (Fsp3) is 0.600. The molecular formula is C15H24N2. The Morgan fingerprint density at radius 3 is 2.71 bits per heavy atom. The van der Waals surface area contributed by atoms with Crippen molar-refractivity contribution in [2.45, 2.75) is 32.2 Å². The van der Waals surface area contributed by atoms with Crippen LogP contribution >= 0.6 is 0 Å². The number of likely N-dealkylation sites (tertiary alicyclic amines) is 1. The third-order valence-electron chi connectivity index (χ3n) is 3.81. The Bertz CT molecular complexity index is 321. The van der Waals surface area contributed by atoms with Gasteiger partial charge in [0.15, 0.2) is 0 Å². The van der Waals surface area contributed by atoms with Gasteiger partial charge in [0.05, 0.1) is 0 Å². The average Bonchev–Trinajstić information content (AvgIpc) is 2.40. The van der Waals surface area contributed by atoms with Gasteiger partial charge < -0.3 is 5.73 Å². The zero-order chi connectivity index (χ0) is 12.1. The van der Waals surface area contributed by atoms with Gasteiger partial charge in [0.1, 0.15) is 0 Å². The van der Waals surface area contributed by atoms with Crippen molar-refractivity contribution in [3.63, 3.8) is 0 Å². The molecule has 1 aliphatic rings. The van der Waals surface area contributed by atoms with E-state index in [-0.39, 0.29) is 0 Å². The average molecular weight is 232 g/mol. The molecule has 1 aliphatic heterocycles. The first-order chi connectivity index (χ1) is 8.36. The van der Waals surface area contributed by atoms with E-state index in [4.69, 9.17) is 5.73 Å². The van der Waals surface area contributed by atoms with Crippen molar-refractivity contribution in [2.75, 3.05) is 19.6 Å². The number of rotatable bonds is 4. The van der Waals surface area contributed by atoms with Gasteiger partial charge in [0.25, 0.3) is 0 Å². The van der Waals surface area contributed by atoms with E-state index >= 15 is 0 Å². The van der Waals surface area contributed by atoms with Gasteiger partial charge in [-0.15, -0.1) is 0 Å². The van der Waals surface area contributed by atoms with Gasteiger partial charge in [0, 0.05) is 6.04 Å². The van der Waals surface area contributed by atoms with E-state index in [0.717, 1.165) is 6.54 Å². The number of hydrogen-bond donors (Lipinski definition) is 1. The Morgan fingerprint density at radius 1 is 1.29 bits per heavy atom. The maximum absolute atomic E-state index is 5.96. The minimum Gasteiger partial charge on any atom is -0.330 e. The first kappa shape index (κ1) is 12.6. The van der Waals surface area contributed by atoms with E-state index in [1.54, 1.807) is 0 Å². The Kier molecular flexibility index (Phi) is 4.57. The van der Waals surface area contributed by atoms with Gasteiger partial charge in [-0.2, -0.15) is 0 Å². The molecule has 0 bridgehead atoms. The zero-order valence-electron chi connectivity index (χ0n) is 10.8. The van der Waals surface area contributed by atoms with E-state index < -0.39 is 0 Å². The maximum Gasteiger partial charge on any atom is 0.0388 e. The molecule has 2 heteroatoms. The van der Waals surface area contributed by atoms with Crippen molar-refractivity contribution in [1.29, 1.82) is 0 Å². The summed E-state index contributed by atoms with van der Waals surface area (Å²) in [4.78, 5) is 2.62. The molecule has 2 nitrogen and oxygen atoms in total. The molecule has 0 amide bonds. The van der Waals surface area contributed by atoms with Gasteiger partial charge >= 0.3 is 0 Å². The third kappa shape index (κ3) is 2.88. The summed E-state index contributed by atoms with van der Waals surface area (Å²) < 4.78 is 0. The number of hydrogen-bond acceptors (Lipinski definition) is 2. The summed E-state index contributed by atoms with van der Waals surface area (Å²) in [5.74, 6) is 0.623. The second-order valence-corrected chi connectivity index (χ2v) is 5.03. The van der Waals surface area contributed by atoms with Crippen molar-refractivity contribution in [1.82, 2.24) is 4.90 Å². The Hall–Kier alpha value is -0.860. The molecule has 2 unspecified atom stereocenters. The molecule has 0 spiro atoms. The molecule has 2 rings (SSSR count). The lowest BCUT2D eigenvalue weighted by atomic mass is 9.84. The number of nitrogens with zero attached hydrogens (tertiary/aromatic N) is 1. The molecule has 0 radical (unpaired) electrons. The zero-order valence-corrected chi connectivity index (χ0v) is 10.8. The molecule has 94 valence electrons. The second kappa shape index (κ2) is 6.18. The third-order valence-corrected chi connectivity index (χ3v) is 3.81. The summed E-state index contributed by atoms with van der Waals surface area (Å²) in [6, 6.07) is 11.4. The van der Waals surface area contributed by atoms with Crippen LogP contribution in [0, 0.1) is 5.92 Å². The summed E-state index contributed by atoms with van der Waals surface area (Å²) in [6.07, 6.45) is 3.79. The Balaban J connectivity index is 2.22. The predicted molar refractivity (Wildman–Crippen MR) is 72.8 cm³/mol. The molecule has 1 aromatic carbocycles. The van der Waals surface area contributed by atoms with Gasteiger partial charge in [-0.3, -0.25) is 4.90 Å². The normalized spacial score (nSPS) is 26.0. The molecule has 17 heavy (non-hydrogen) atoms. The van der Waals surface area contributed by atoms with Crippen molar-refractivity contribution in [3.8, 4) is 0 Å². The van der Waals surface area contributed by atoms with Crippen LogP contribution in [-0.4, -0.2) is 24.5 Å². The molecule has 2 N–H and O–H groups in total. The maximum atomic E-state index is 5.96. The summed E-state index contributed by atoms with van der Waals surface area (Å²) in [6.45, 7) is 5.48. The standard InChI is InChI=1S/C15H24N2/c1-2-10-17-11-6-9-14(12-16)15(17)13-7-4-3-5-8-13/h3-5,7-8,14-15H,2,6,9-12,16H2,1H3. The molecule has 1 fully saturated rings. The lowest BCUT2D eigenvalue weighted by molar-refractivity contribution is 0.0960. The Morgan fingerprint density at radius 2 is 2.06 bits per heavy atom. The summed E-state index contributed by atoms with van der Waals surface area (Å²) in [5.41, 5.74) is 7.40. The summed E-state index contributed by atoms with van der Waals surface area (Å²) in [7, 11) is 0. The lowest BCUT2D eigenvalue weighted by Gasteiger charge is -2.41. The molecule has 1 aromatic rings. The monoisotopic (exact) mass is 232 g/mol. The smallest absolute Gasteiger partial charge is 0.0388 e. The lowest BCUT2D eigenvalue weighted by Crippen LogP contribution is -2.41. The highest BCUT2D eigenvalue weighted by Gasteiger charge is 2.30. The van der Waals surface area contributed by atoms with E-state index in [9.17, 15) is 0 Å². The Labute approximate surface area is 105 Å². The summed E-state index contributed by atoms with van der Waals surface area (Å²) >= 11 is 0. The van der Waals surface area contributed by atoms with Crippen LogP contribution in [0.25, 0.3) is 0 Å². The molecule has 2 atom stereocenters. The highest BCUT2D eigenvalue weighted by Crippen LogP contribution is 2.35. The quantitative estimate of drug-likeness (QED) is 0.865. The van der Waals surface area contributed by atoms with E-state index in [0.29, 0.717) is 12.0 Å². The molecule has 1 heterocycles. The molecule has 0 saturated carbocycles. The minimum atomic E-state index is 0.537. The van der Waals surface area contributed by atoms with Crippen molar-refractivity contribution in [3.05, 3.63) is 35.9 Å². The van der Waals surface area contributed by atoms with Crippen LogP contribution in [0.2, 0.25) is 0 Å². The van der Waals surface area contributed by atoms with Gasteiger partial charge in [0.2, 0.25) is 0 Å². The van der Waals surface area contributed by atoms with Gasteiger partial charge in [-0.25, -0.2) is 0 Å².